The van der Waals surface area contributed by atoms with Crippen LogP contribution >= 0.6 is 0 Å². The molecule has 6 nitrogen and oxygen atoms in total. The molecule has 1 aromatic heterocycles. The number of amides is 1. The molecule has 1 atom stereocenters. The highest BCUT2D eigenvalue weighted by atomic mass is 19.1. The zero-order chi connectivity index (χ0) is 21.8. The van der Waals surface area contributed by atoms with Crippen LogP contribution in [-0.2, 0) is 17.6 Å². The second kappa shape index (κ2) is 9.29. The second-order valence-corrected chi connectivity index (χ2v) is 8.02. The van der Waals surface area contributed by atoms with Gasteiger partial charge in [0.25, 0.3) is 0 Å². The molecular formula is C24H26FN3O3. The minimum absolute atomic E-state index is 0.117. The molecule has 1 unspecified atom stereocenters. The number of likely N-dealkylation sites (tertiary alicyclic amines) is 1. The molecule has 0 bridgehead atoms. The van der Waals surface area contributed by atoms with E-state index >= 15 is 0 Å². The van der Waals surface area contributed by atoms with E-state index in [1.165, 1.54) is 6.07 Å². The zero-order valence-corrected chi connectivity index (χ0v) is 17.8. The van der Waals surface area contributed by atoms with E-state index in [0.717, 1.165) is 36.3 Å². The smallest absolute Gasteiger partial charge is 0.227 e. The first-order valence-electron chi connectivity index (χ1n) is 10.5. The van der Waals surface area contributed by atoms with Crippen LogP contribution in [0, 0.1) is 18.7 Å². The summed E-state index contributed by atoms with van der Waals surface area (Å²) in [5.41, 5.74) is 2.33. The summed E-state index contributed by atoms with van der Waals surface area (Å²) in [5, 5.41) is 3.93. The maximum Gasteiger partial charge on any atom is 0.227 e. The molecule has 31 heavy (non-hydrogen) atoms. The molecule has 0 saturated carbocycles. The second-order valence-electron chi connectivity index (χ2n) is 8.02. The molecule has 3 aromatic rings. The first-order chi connectivity index (χ1) is 15.0. The summed E-state index contributed by atoms with van der Waals surface area (Å²) in [5.74, 6) is 1.53. The summed E-state index contributed by atoms with van der Waals surface area (Å²) >= 11 is 0. The molecule has 0 spiro atoms. The standard InChI is InChI=1S/C24H26FN3O3/c1-16-12-17(9-10-21(16)30-2)14-23(29)28-11-5-6-18(15-28)13-22-26-24(27-31-22)19-7-3-4-8-20(19)25/h3-4,7-10,12,18H,5-6,11,13-15H2,1-2H3. The average molecular weight is 423 g/mol. The van der Waals surface area contributed by atoms with Crippen LogP contribution in [0.25, 0.3) is 11.4 Å². The largest absolute Gasteiger partial charge is 0.496 e. The molecule has 0 aliphatic carbocycles. The number of rotatable bonds is 6. The molecule has 2 heterocycles. The van der Waals surface area contributed by atoms with Gasteiger partial charge in [-0.15, -0.1) is 0 Å². The van der Waals surface area contributed by atoms with Crippen LogP contribution < -0.4 is 4.74 Å². The van der Waals surface area contributed by atoms with E-state index in [9.17, 15) is 9.18 Å². The normalized spacial score (nSPS) is 16.4. The van der Waals surface area contributed by atoms with Crippen molar-refractivity contribution < 1.29 is 18.4 Å². The lowest BCUT2D eigenvalue weighted by Crippen LogP contribution is -2.41. The number of hydrogen-bond donors (Lipinski definition) is 0. The Morgan fingerprint density at radius 1 is 1.29 bits per heavy atom. The number of nitrogens with zero attached hydrogens (tertiary/aromatic N) is 3. The summed E-state index contributed by atoms with van der Waals surface area (Å²) in [6, 6.07) is 12.2. The van der Waals surface area contributed by atoms with Crippen LogP contribution in [0.5, 0.6) is 5.75 Å². The highest BCUT2D eigenvalue weighted by molar-refractivity contribution is 5.79. The third kappa shape index (κ3) is 4.93. The number of ether oxygens (including phenoxy) is 1. The number of hydrogen-bond acceptors (Lipinski definition) is 5. The lowest BCUT2D eigenvalue weighted by molar-refractivity contribution is -0.132. The van der Waals surface area contributed by atoms with Gasteiger partial charge in [0.05, 0.1) is 19.1 Å². The lowest BCUT2D eigenvalue weighted by atomic mass is 9.94. The Hall–Kier alpha value is -3.22. The topological polar surface area (TPSA) is 68.5 Å². The predicted molar refractivity (Wildman–Crippen MR) is 114 cm³/mol. The van der Waals surface area contributed by atoms with Crippen molar-refractivity contribution in [2.75, 3.05) is 20.2 Å². The van der Waals surface area contributed by atoms with Gasteiger partial charge in [-0.1, -0.05) is 29.4 Å². The maximum atomic E-state index is 14.0. The van der Waals surface area contributed by atoms with Gasteiger partial charge in [0.2, 0.25) is 17.6 Å². The molecule has 4 rings (SSSR count). The lowest BCUT2D eigenvalue weighted by Gasteiger charge is -2.32. The number of carbonyl (C=O) groups excluding carboxylic acids is 1. The third-order valence-electron chi connectivity index (χ3n) is 5.73. The summed E-state index contributed by atoms with van der Waals surface area (Å²) in [7, 11) is 1.64. The minimum atomic E-state index is -0.377. The van der Waals surface area contributed by atoms with E-state index in [4.69, 9.17) is 9.26 Å². The van der Waals surface area contributed by atoms with Gasteiger partial charge in [0.1, 0.15) is 11.6 Å². The first kappa shape index (κ1) is 21.0. The van der Waals surface area contributed by atoms with Crippen molar-refractivity contribution in [3.05, 3.63) is 65.3 Å². The Labute approximate surface area is 181 Å². The van der Waals surface area contributed by atoms with Crippen molar-refractivity contribution in [1.82, 2.24) is 15.0 Å². The van der Waals surface area contributed by atoms with E-state index < -0.39 is 0 Å². The molecular weight excluding hydrogens is 397 g/mol. The quantitative estimate of drug-likeness (QED) is 0.594. The van der Waals surface area contributed by atoms with E-state index in [-0.39, 0.29) is 23.5 Å². The molecule has 2 aromatic carbocycles. The van der Waals surface area contributed by atoms with Crippen LogP contribution in [0.4, 0.5) is 4.39 Å². The number of piperidine rings is 1. The molecule has 1 aliphatic rings. The average Bonchev–Trinajstić information content (AvgIpc) is 3.22. The summed E-state index contributed by atoms with van der Waals surface area (Å²) in [6.45, 7) is 3.39. The van der Waals surface area contributed by atoms with Gasteiger partial charge in [-0.3, -0.25) is 4.79 Å². The SMILES string of the molecule is COc1ccc(CC(=O)N2CCCC(Cc3nc(-c4ccccc4F)no3)C2)cc1C. The Bertz CT molecular complexity index is 1070. The van der Waals surface area contributed by atoms with Crippen LogP contribution in [0.3, 0.4) is 0 Å². The Kier molecular flexibility index (Phi) is 6.30. The summed E-state index contributed by atoms with van der Waals surface area (Å²) < 4.78 is 24.6. The summed E-state index contributed by atoms with van der Waals surface area (Å²) in [4.78, 5) is 19.1. The van der Waals surface area contributed by atoms with Crippen molar-refractivity contribution >= 4 is 5.91 Å². The zero-order valence-electron chi connectivity index (χ0n) is 17.8. The Morgan fingerprint density at radius 2 is 2.13 bits per heavy atom. The number of halogens is 1. The molecule has 1 aliphatic heterocycles. The van der Waals surface area contributed by atoms with E-state index in [0.29, 0.717) is 30.8 Å². The van der Waals surface area contributed by atoms with E-state index in [1.807, 2.05) is 30.0 Å². The van der Waals surface area contributed by atoms with Gasteiger partial charge in [-0.05, 0) is 55.0 Å². The number of aromatic nitrogens is 2. The molecule has 0 N–H and O–H groups in total. The molecule has 0 radical (unpaired) electrons. The maximum absolute atomic E-state index is 14.0. The van der Waals surface area contributed by atoms with Gasteiger partial charge in [0, 0.05) is 19.5 Å². The van der Waals surface area contributed by atoms with Gasteiger partial charge in [0.15, 0.2) is 0 Å². The van der Waals surface area contributed by atoms with Crippen LogP contribution in [0.1, 0.15) is 29.9 Å². The number of aryl methyl sites for hydroxylation is 1. The molecule has 1 fully saturated rings. The minimum Gasteiger partial charge on any atom is -0.496 e. The van der Waals surface area contributed by atoms with Crippen LogP contribution in [0.15, 0.2) is 47.0 Å². The molecule has 7 heteroatoms. The third-order valence-corrected chi connectivity index (χ3v) is 5.73. The summed E-state index contributed by atoms with van der Waals surface area (Å²) in [6.07, 6.45) is 2.87. The monoisotopic (exact) mass is 423 g/mol. The predicted octanol–water partition coefficient (Wildman–Crippen LogP) is 4.22. The van der Waals surface area contributed by atoms with Crippen LogP contribution in [0.2, 0.25) is 0 Å². The van der Waals surface area contributed by atoms with Crippen LogP contribution in [-0.4, -0.2) is 41.1 Å². The van der Waals surface area contributed by atoms with Crippen molar-refractivity contribution in [2.24, 2.45) is 5.92 Å². The molecule has 1 saturated heterocycles. The fraction of sp³-hybridized carbons (Fsp3) is 0.375. The fourth-order valence-electron chi connectivity index (χ4n) is 4.13. The van der Waals surface area contributed by atoms with E-state index in [2.05, 4.69) is 10.1 Å². The number of carbonyl (C=O) groups is 1. The van der Waals surface area contributed by atoms with Crippen molar-refractivity contribution in [3.8, 4) is 17.1 Å². The Morgan fingerprint density at radius 3 is 2.90 bits per heavy atom. The van der Waals surface area contributed by atoms with Crippen molar-refractivity contribution in [1.29, 1.82) is 0 Å². The van der Waals surface area contributed by atoms with Gasteiger partial charge in [-0.25, -0.2) is 4.39 Å². The van der Waals surface area contributed by atoms with Crippen molar-refractivity contribution in [3.63, 3.8) is 0 Å². The van der Waals surface area contributed by atoms with Gasteiger partial charge >= 0.3 is 0 Å². The Balaban J connectivity index is 1.37. The first-order valence-corrected chi connectivity index (χ1v) is 10.5. The van der Waals surface area contributed by atoms with Crippen molar-refractivity contribution in [2.45, 2.75) is 32.6 Å². The fourth-order valence-corrected chi connectivity index (χ4v) is 4.13. The van der Waals surface area contributed by atoms with Gasteiger partial charge < -0.3 is 14.2 Å². The molecule has 162 valence electrons. The highest BCUT2D eigenvalue weighted by Crippen LogP contribution is 2.24. The number of methoxy groups -OCH3 is 1. The van der Waals surface area contributed by atoms with E-state index in [1.54, 1.807) is 25.3 Å². The molecule has 1 amide bonds. The number of benzene rings is 2. The van der Waals surface area contributed by atoms with Gasteiger partial charge in [-0.2, -0.15) is 4.98 Å². The highest BCUT2D eigenvalue weighted by Gasteiger charge is 2.26.